The number of hydrogen-bond donors (Lipinski definition) is 1. The van der Waals surface area contributed by atoms with Crippen molar-refractivity contribution in [2.24, 2.45) is 11.8 Å². The highest BCUT2D eigenvalue weighted by Crippen LogP contribution is 2.45. The van der Waals surface area contributed by atoms with Crippen LogP contribution in [0.5, 0.6) is 0 Å². The molecule has 5 aromatic rings. The van der Waals surface area contributed by atoms with E-state index in [4.69, 9.17) is 0 Å². The summed E-state index contributed by atoms with van der Waals surface area (Å²) in [7, 11) is 0. The molecule has 28 heavy (non-hydrogen) atoms. The Morgan fingerprint density at radius 1 is 0.679 bits per heavy atom. The first-order chi connectivity index (χ1) is 13.8. The summed E-state index contributed by atoms with van der Waals surface area (Å²) in [5.41, 5.74) is 2.68. The molecule has 1 heteroatoms. The molecule has 2 bridgehead atoms. The van der Waals surface area contributed by atoms with Crippen LogP contribution in [0.15, 0.2) is 78.5 Å². The lowest BCUT2D eigenvalue weighted by Crippen LogP contribution is -2.07. The van der Waals surface area contributed by atoms with Gasteiger partial charge >= 0.3 is 0 Å². The summed E-state index contributed by atoms with van der Waals surface area (Å²) in [5.74, 6) is 1.55. The van der Waals surface area contributed by atoms with Crippen molar-refractivity contribution in [3.05, 3.63) is 78.5 Å². The van der Waals surface area contributed by atoms with Crippen molar-refractivity contribution in [2.75, 3.05) is 5.32 Å². The molecule has 0 radical (unpaired) electrons. The molecular weight excluding hydrogens is 338 g/mol. The Morgan fingerprint density at radius 3 is 2.04 bits per heavy atom. The van der Waals surface area contributed by atoms with Crippen LogP contribution >= 0.6 is 0 Å². The summed E-state index contributed by atoms with van der Waals surface area (Å²) in [6.45, 7) is 0. The van der Waals surface area contributed by atoms with Gasteiger partial charge in [0.2, 0.25) is 0 Å². The third-order valence-electron chi connectivity index (χ3n) is 7.08. The number of hydrogen-bond acceptors (Lipinski definition) is 1. The molecule has 134 valence electrons. The van der Waals surface area contributed by atoms with Gasteiger partial charge in [-0.25, -0.2) is 0 Å². The summed E-state index contributed by atoms with van der Waals surface area (Å²) in [4.78, 5) is 0. The molecule has 0 amide bonds. The van der Waals surface area contributed by atoms with Gasteiger partial charge in [0.1, 0.15) is 0 Å². The van der Waals surface area contributed by atoms with E-state index >= 15 is 0 Å². The van der Waals surface area contributed by atoms with Gasteiger partial charge in [0.25, 0.3) is 0 Å². The van der Waals surface area contributed by atoms with Crippen LogP contribution in [-0.4, -0.2) is 0 Å². The normalized spacial score (nSPS) is 21.4. The van der Waals surface area contributed by atoms with Gasteiger partial charge in [-0.1, -0.05) is 60.7 Å². The second-order valence-corrected chi connectivity index (χ2v) is 8.65. The number of allylic oxidation sites excluding steroid dienone is 2. The molecule has 5 aromatic carbocycles. The molecule has 0 saturated heterocycles. The summed E-state index contributed by atoms with van der Waals surface area (Å²) in [6.07, 6.45) is 6.55. The van der Waals surface area contributed by atoms with E-state index in [2.05, 4.69) is 78.1 Å². The van der Waals surface area contributed by atoms with Crippen molar-refractivity contribution >= 4 is 48.8 Å². The molecule has 1 saturated carbocycles. The van der Waals surface area contributed by atoms with E-state index in [0.29, 0.717) is 0 Å². The molecule has 2 aliphatic rings. The first-order valence-corrected chi connectivity index (χ1v) is 10.4. The Hall–Kier alpha value is -3.06. The third-order valence-corrected chi connectivity index (χ3v) is 7.08. The number of rotatable bonds is 2. The Balaban J connectivity index is 1.56. The highest BCUT2D eigenvalue weighted by molar-refractivity contribution is 6.33. The average molecular weight is 359 g/mol. The monoisotopic (exact) mass is 359 g/mol. The van der Waals surface area contributed by atoms with Gasteiger partial charge in [0.05, 0.1) is 0 Å². The van der Waals surface area contributed by atoms with Crippen LogP contribution in [-0.2, 0) is 0 Å². The van der Waals surface area contributed by atoms with Crippen molar-refractivity contribution in [2.45, 2.75) is 19.3 Å². The van der Waals surface area contributed by atoms with E-state index in [1.54, 1.807) is 0 Å². The fourth-order valence-electron chi connectivity index (χ4n) is 5.88. The fourth-order valence-corrected chi connectivity index (χ4v) is 5.88. The van der Waals surface area contributed by atoms with Gasteiger partial charge in [0.15, 0.2) is 0 Å². The van der Waals surface area contributed by atoms with Crippen LogP contribution in [0, 0.1) is 11.8 Å². The van der Waals surface area contributed by atoms with Crippen LogP contribution < -0.4 is 5.32 Å². The standard InChI is InChI=1S/C27H21N/c1-4-17-5-2-9-23-24-15-20(28-25-13-16-10-11-18(25)12-16)14-19-6-3-8-22(27(19)24)21(7-1)26(17)23/h1-9,13-16,18,28H,10-12H2. The molecule has 7 rings (SSSR count). The number of fused-ring (bicyclic) bond motifs is 4. The van der Waals surface area contributed by atoms with E-state index in [1.165, 1.54) is 73.7 Å². The van der Waals surface area contributed by atoms with Crippen LogP contribution in [0.4, 0.5) is 5.69 Å². The Kier molecular flexibility index (Phi) is 2.80. The maximum Gasteiger partial charge on any atom is 0.0394 e. The summed E-state index contributed by atoms with van der Waals surface area (Å²) < 4.78 is 0. The van der Waals surface area contributed by atoms with Crippen molar-refractivity contribution in [1.29, 1.82) is 0 Å². The van der Waals surface area contributed by atoms with E-state index in [-0.39, 0.29) is 0 Å². The first-order valence-electron chi connectivity index (χ1n) is 10.4. The highest BCUT2D eigenvalue weighted by atomic mass is 14.9. The van der Waals surface area contributed by atoms with Gasteiger partial charge in [-0.2, -0.15) is 0 Å². The van der Waals surface area contributed by atoms with Gasteiger partial charge in [-0.05, 0) is 86.3 Å². The van der Waals surface area contributed by atoms with E-state index in [9.17, 15) is 0 Å². The van der Waals surface area contributed by atoms with Gasteiger partial charge in [-0.3, -0.25) is 0 Å². The smallest absolute Gasteiger partial charge is 0.0394 e. The number of nitrogens with one attached hydrogen (secondary N) is 1. The van der Waals surface area contributed by atoms with Crippen molar-refractivity contribution in [1.82, 2.24) is 0 Å². The summed E-state index contributed by atoms with van der Waals surface area (Å²) in [5, 5.41) is 14.7. The van der Waals surface area contributed by atoms with Gasteiger partial charge in [-0.15, -0.1) is 0 Å². The molecule has 1 fully saturated rings. The second kappa shape index (κ2) is 5.26. The van der Waals surface area contributed by atoms with Crippen molar-refractivity contribution in [3.8, 4) is 0 Å². The molecule has 0 spiro atoms. The molecule has 2 atom stereocenters. The molecule has 0 aromatic heterocycles. The van der Waals surface area contributed by atoms with Crippen molar-refractivity contribution < 1.29 is 0 Å². The quantitative estimate of drug-likeness (QED) is 0.255. The zero-order chi connectivity index (χ0) is 18.2. The lowest BCUT2D eigenvalue weighted by Gasteiger charge is -2.19. The minimum Gasteiger partial charge on any atom is -0.359 e. The SMILES string of the molecule is C1=C(Nc2cc3cccc4c5cccc6cccc(c(c2)c34)c65)C2CCC1C2. The minimum atomic E-state index is 0.743. The predicted octanol–water partition coefficient (Wildman–Crippen LogP) is 7.46. The summed E-state index contributed by atoms with van der Waals surface area (Å²) >= 11 is 0. The van der Waals surface area contributed by atoms with Crippen LogP contribution in [0.3, 0.4) is 0 Å². The van der Waals surface area contributed by atoms with Crippen LogP contribution in [0.2, 0.25) is 0 Å². The first kappa shape index (κ1) is 14.9. The maximum absolute atomic E-state index is 3.80. The Labute approximate surface area is 164 Å². The Bertz CT molecular complexity index is 1420. The van der Waals surface area contributed by atoms with E-state index < -0.39 is 0 Å². The molecule has 1 nitrogen and oxygen atoms in total. The fraction of sp³-hybridized carbons (Fsp3) is 0.185. The molecule has 0 heterocycles. The molecule has 2 aliphatic carbocycles. The molecule has 1 N–H and O–H groups in total. The van der Waals surface area contributed by atoms with E-state index in [1.807, 2.05) is 0 Å². The average Bonchev–Trinajstić information content (AvgIpc) is 3.35. The lowest BCUT2D eigenvalue weighted by molar-refractivity contribution is 0.661. The van der Waals surface area contributed by atoms with Crippen LogP contribution in [0.1, 0.15) is 19.3 Å². The second-order valence-electron chi connectivity index (χ2n) is 8.65. The predicted molar refractivity (Wildman–Crippen MR) is 120 cm³/mol. The Morgan fingerprint density at radius 2 is 1.36 bits per heavy atom. The minimum absolute atomic E-state index is 0.743. The van der Waals surface area contributed by atoms with E-state index in [0.717, 1.165) is 11.8 Å². The molecular formula is C27H21N. The number of anilines is 1. The zero-order valence-corrected chi connectivity index (χ0v) is 15.7. The maximum atomic E-state index is 3.80. The number of benzene rings is 5. The topological polar surface area (TPSA) is 12.0 Å². The van der Waals surface area contributed by atoms with Gasteiger partial charge in [0, 0.05) is 11.4 Å². The molecule has 2 unspecified atom stereocenters. The van der Waals surface area contributed by atoms with Gasteiger partial charge < -0.3 is 5.32 Å². The highest BCUT2D eigenvalue weighted by Gasteiger charge is 2.32. The summed E-state index contributed by atoms with van der Waals surface area (Å²) in [6, 6.07) is 24.9. The largest absolute Gasteiger partial charge is 0.359 e. The third kappa shape index (κ3) is 1.91. The zero-order valence-electron chi connectivity index (χ0n) is 15.7. The lowest BCUT2D eigenvalue weighted by atomic mass is 9.89. The van der Waals surface area contributed by atoms with Crippen molar-refractivity contribution in [3.63, 3.8) is 0 Å². The van der Waals surface area contributed by atoms with Crippen LogP contribution in [0.25, 0.3) is 43.1 Å². The molecule has 0 aliphatic heterocycles.